The number of hydrogen-bond donors (Lipinski definition) is 2. The highest BCUT2D eigenvalue weighted by Crippen LogP contribution is 2.32. The Kier molecular flexibility index (Phi) is 2.99. The maximum absolute atomic E-state index is 11.6. The van der Waals surface area contributed by atoms with E-state index >= 15 is 0 Å². The van der Waals surface area contributed by atoms with Crippen LogP contribution in [0.2, 0.25) is 5.02 Å². The number of aromatic hydroxyl groups is 1. The van der Waals surface area contributed by atoms with Crippen LogP contribution in [0.15, 0.2) is 18.2 Å². The predicted molar refractivity (Wildman–Crippen MR) is 63.3 cm³/mol. The Morgan fingerprint density at radius 3 is 2.75 bits per heavy atom. The summed E-state index contributed by atoms with van der Waals surface area (Å²) in [5, 5.41) is 9.84. The van der Waals surface area contributed by atoms with Crippen LogP contribution < -0.4 is 4.72 Å². The first-order valence-electron chi connectivity index (χ1n) is 4.95. The highest BCUT2D eigenvalue weighted by Gasteiger charge is 2.28. The second kappa shape index (κ2) is 4.14. The van der Waals surface area contributed by atoms with Gasteiger partial charge >= 0.3 is 0 Å². The van der Waals surface area contributed by atoms with E-state index in [0.717, 1.165) is 12.8 Å². The van der Waals surface area contributed by atoms with Crippen LogP contribution in [0, 0.1) is 5.92 Å². The van der Waals surface area contributed by atoms with E-state index in [1.807, 2.05) is 0 Å². The molecule has 16 heavy (non-hydrogen) atoms. The number of anilines is 1. The smallest absolute Gasteiger partial charge is 0.233 e. The van der Waals surface area contributed by atoms with Gasteiger partial charge in [-0.1, -0.05) is 11.6 Å². The predicted octanol–water partition coefficient (Wildman–Crippen LogP) is 2.20. The minimum Gasteiger partial charge on any atom is -0.506 e. The highest BCUT2D eigenvalue weighted by molar-refractivity contribution is 7.92. The van der Waals surface area contributed by atoms with Crippen LogP contribution in [-0.4, -0.2) is 19.3 Å². The van der Waals surface area contributed by atoms with Crippen LogP contribution >= 0.6 is 11.6 Å². The van der Waals surface area contributed by atoms with Crippen molar-refractivity contribution in [1.29, 1.82) is 0 Å². The summed E-state index contributed by atoms with van der Waals surface area (Å²) in [6.07, 6.45) is 1.92. The number of benzene rings is 1. The van der Waals surface area contributed by atoms with Crippen molar-refractivity contribution in [2.75, 3.05) is 10.5 Å². The number of nitrogens with one attached hydrogen (secondary N) is 1. The second-order valence-corrected chi connectivity index (χ2v) is 6.19. The number of phenolic OH excluding ortho intramolecular Hbond substituents is 1. The topological polar surface area (TPSA) is 66.4 Å². The zero-order chi connectivity index (χ0) is 11.8. The first-order valence-corrected chi connectivity index (χ1v) is 6.98. The van der Waals surface area contributed by atoms with E-state index in [1.54, 1.807) is 0 Å². The molecule has 0 heterocycles. The Bertz CT molecular complexity index is 497. The third-order valence-electron chi connectivity index (χ3n) is 2.38. The number of phenols is 1. The summed E-state index contributed by atoms with van der Waals surface area (Å²) in [4.78, 5) is 0. The molecule has 0 saturated heterocycles. The molecule has 2 N–H and O–H groups in total. The molecule has 0 radical (unpaired) electrons. The number of hydrogen-bond acceptors (Lipinski definition) is 3. The van der Waals surface area contributed by atoms with Crippen molar-refractivity contribution in [3.63, 3.8) is 0 Å². The van der Waals surface area contributed by atoms with E-state index in [2.05, 4.69) is 4.72 Å². The van der Waals surface area contributed by atoms with E-state index in [4.69, 9.17) is 11.6 Å². The van der Waals surface area contributed by atoms with Gasteiger partial charge in [-0.15, -0.1) is 0 Å². The molecule has 1 aromatic carbocycles. The quantitative estimate of drug-likeness (QED) is 0.817. The minimum absolute atomic E-state index is 0.110. The molecule has 2 rings (SSSR count). The monoisotopic (exact) mass is 261 g/mol. The lowest BCUT2D eigenvalue weighted by atomic mass is 10.3. The molecule has 0 aromatic heterocycles. The fourth-order valence-corrected chi connectivity index (χ4v) is 3.10. The van der Waals surface area contributed by atoms with Crippen LogP contribution in [-0.2, 0) is 10.0 Å². The van der Waals surface area contributed by atoms with Crippen molar-refractivity contribution >= 4 is 27.3 Å². The molecular weight excluding hydrogens is 250 g/mol. The van der Waals surface area contributed by atoms with Gasteiger partial charge in [0.05, 0.1) is 11.4 Å². The van der Waals surface area contributed by atoms with Crippen molar-refractivity contribution in [3.8, 4) is 5.75 Å². The normalized spacial score (nSPS) is 16.1. The zero-order valence-electron chi connectivity index (χ0n) is 8.48. The fourth-order valence-electron chi connectivity index (χ4n) is 1.39. The summed E-state index contributed by atoms with van der Waals surface area (Å²) in [6, 6.07) is 4.24. The van der Waals surface area contributed by atoms with Gasteiger partial charge in [-0.25, -0.2) is 8.42 Å². The molecular formula is C10H12ClNO3S. The van der Waals surface area contributed by atoms with Gasteiger partial charge in [0.1, 0.15) is 5.75 Å². The summed E-state index contributed by atoms with van der Waals surface area (Å²) in [5.74, 6) is 0.251. The van der Waals surface area contributed by atoms with Crippen molar-refractivity contribution in [2.45, 2.75) is 12.8 Å². The van der Waals surface area contributed by atoms with Gasteiger partial charge in [0.25, 0.3) is 0 Å². The summed E-state index contributed by atoms with van der Waals surface area (Å²) in [6.45, 7) is 0. The molecule has 1 aromatic rings. The van der Waals surface area contributed by atoms with Crippen LogP contribution in [0.25, 0.3) is 0 Å². The summed E-state index contributed by atoms with van der Waals surface area (Å²) in [7, 11) is -3.38. The van der Waals surface area contributed by atoms with E-state index in [-0.39, 0.29) is 23.1 Å². The molecule has 88 valence electrons. The molecule has 0 atom stereocenters. The molecule has 1 fully saturated rings. The summed E-state index contributed by atoms with van der Waals surface area (Å²) < 4.78 is 25.6. The van der Waals surface area contributed by atoms with Gasteiger partial charge < -0.3 is 5.11 Å². The first-order chi connectivity index (χ1) is 7.46. The van der Waals surface area contributed by atoms with Gasteiger partial charge in [-0.05, 0) is 37.0 Å². The van der Waals surface area contributed by atoms with Crippen molar-refractivity contribution in [3.05, 3.63) is 23.2 Å². The zero-order valence-corrected chi connectivity index (χ0v) is 10.1. The second-order valence-electron chi connectivity index (χ2n) is 3.99. The molecule has 0 unspecified atom stereocenters. The fraction of sp³-hybridized carbons (Fsp3) is 0.400. The van der Waals surface area contributed by atoms with Crippen LogP contribution in [0.4, 0.5) is 5.69 Å². The van der Waals surface area contributed by atoms with E-state index < -0.39 is 10.0 Å². The van der Waals surface area contributed by atoms with E-state index in [0.29, 0.717) is 5.02 Å². The Morgan fingerprint density at radius 1 is 1.44 bits per heavy atom. The molecule has 4 nitrogen and oxygen atoms in total. The average molecular weight is 262 g/mol. The molecule has 6 heteroatoms. The maximum Gasteiger partial charge on any atom is 0.233 e. The van der Waals surface area contributed by atoms with E-state index in [1.165, 1.54) is 18.2 Å². The standard InChI is InChI=1S/C10H12ClNO3S/c11-8-3-4-10(13)9(5-8)12-16(14,15)6-7-1-2-7/h3-5,7,12-13H,1-2,6H2. The van der Waals surface area contributed by atoms with Gasteiger partial charge in [-0.3, -0.25) is 4.72 Å². The average Bonchev–Trinajstić information content (AvgIpc) is 2.94. The molecule has 0 spiro atoms. The van der Waals surface area contributed by atoms with Gasteiger partial charge in [0, 0.05) is 5.02 Å². The van der Waals surface area contributed by atoms with Crippen molar-refractivity contribution in [1.82, 2.24) is 0 Å². The molecule has 1 aliphatic carbocycles. The SMILES string of the molecule is O=S(=O)(CC1CC1)Nc1cc(Cl)ccc1O. The van der Waals surface area contributed by atoms with Gasteiger partial charge in [-0.2, -0.15) is 0 Å². The third kappa shape index (κ3) is 3.02. The molecule has 0 amide bonds. The third-order valence-corrected chi connectivity index (χ3v) is 4.05. The van der Waals surface area contributed by atoms with Gasteiger partial charge in [0.15, 0.2) is 0 Å². The maximum atomic E-state index is 11.6. The van der Waals surface area contributed by atoms with Crippen LogP contribution in [0.1, 0.15) is 12.8 Å². The Morgan fingerprint density at radius 2 is 2.12 bits per heavy atom. The summed E-state index contributed by atoms with van der Waals surface area (Å²) >= 11 is 5.72. The Hall–Kier alpha value is -0.940. The minimum atomic E-state index is -3.38. The Balaban J connectivity index is 2.15. The molecule has 0 aliphatic heterocycles. The summed E-state index contributed by atoms with van der Waals surface area (Å²) in [5.41, 5.74) is 0.133. The number of halogens is 1. The first kappa shape index (κ1) is 11.5. The van der Waals surface area contributed by atoms with E-state index in [9.17, 15) is 13.5 Å². The van der Waals surface area contributed by atoms with Crippen LogP contribution in [0.5, 0.6) is 5.75 Å². The van der Waals surface area contributed by atoms with Crippen LogP contribution in [0.3, 0.4) is 0 Å². The van der Waals surface area contributed by atoms with Gasteiger partial charge in [0.2, 0.25) is 10.0 Å². The largest absolute Gasteiger partial charge is 0.506 e. The molecule has 0 bridgehead atoms. The lowest BCUT2D eigenvalue weighted by molar-refractivity contribution is 0.477. The van der Waals surface area contributed by atoms with Crippen molar-refractivity contribution < 1.29 is 13.5 Å². The lowest BCUT2D eigenvalue weighted by Crippen LogP contribution is -2.17. The number of rotatable bonds is 4. The molecule has 1 aliphatic rings. The highest BCUT2D eigenvalue weighted by atomic mass is 35.5. The Labute approximate surface area is 99.3 Å². The van der Waals surface area contributed by atoms with Crippen molar-refractivity contribution in [2.24, 2.45) is 5.92 Å². The lowest BCUT2D eigenvalue weighted by Gasteiger charge is -2.09. The molecule has 1 saturated carbocycles. The number of sulfonamides is 1.